The number of aromatic nitrogens is 4. The fraction of sp³-hybridized carbons (Fsp3) is 0.273. The van der Waals surface area contributed by atoms with Crippen LogP contribution >= 0.6 is 11.6 Å². The van der Waals surface area contributed by atoms with Gasteiger partial charge in [0.15, 0.2) is 5.69 Å². The molecule has 0 bridgehead atoms. The molecule has 0 spiro atoms. The Morgan fingerprint density at radius 3 is 2.64 bits per heavy atom. The van der Waals surface area contributed by atoms with Crippen molar-refractivity contribution in [3.8, 4) is 0 Å². The Labute approximate surface area is 126 Å². The van der Waals surface area contributed by atoms with Gasteiger partial charge in [0.2, 0.25) is 5.91 Å². The maximum absolute atomic E-state index is 12.7. The van der Waals surface area contributed by atoms with E-state index in [1.165, 1.54) is 13.4 Å². The highest BCUT2D eigenvalue weighted by Gasteiger charge is 2.35. The highest BCUT2D eigenvalue weighted by molar-refractivity contribution is 6.31. The number of nitrogens with zero attached hydrogens (tertiary/aromatic N) is 4. The first-order valence-electron chi connectivity index (χ1n) is 5.80. The minimum Gasteiger partial charge on any atom is -0.309 e. The van der Waals surface area contributed by atoms with E-state index >= 15 is 0 Å². The largest absolute Gasteiger partial charge is 0.434 e. The average Bonchev–Trinajstić information content (AvgIpc) is 2.71. The maximum atomic E-state index is 12.7. The minimum atomic E-state index is -4.74. The SMILES string of the molecule is Cn1cnn(CC(=O)Nc2ccc(Cl)c(C(F)(F)F)n2)c1=O. The number of pyridine rings is 1. The van der Waals surface area contributed by atoms with Crippen LogP contribution in [0.4, 0.5) is 19.0 Å². The van der Waals surface area contributed by atoms with E-state index in [0.717, 1.165) is 21.4 Å². The number of rotatable bonds is 3. The monoisotopic (exact) mass is 335 g/mol. The first-order valence-corrected chi connectivity index (χ1v) is 6.18. The Bertz CT molecular complexity index is 768. The molecule has 118 valence electrons. The third-order valence-corrected chi connectivity index (χ3v) is 2.87. The van der Waals surface area contributed by atoms with E-state index in [1.54, 1.807) is 0 Å². The zero-order chi connectivity index (χ0) is 16.5. The van der Waals surface area contributed by atoms with E-state index in [4.69, 9.17) is 11.6 Å². The molecule has 1 amide bonds. The number of anilines is 1. The molecular weight excluding hydrogens is 327 g/mol. The molecule has 0 aromatic carbocycles. The van der Waals surface area contributed by atoms with Crippen molar-refractivity contribution in [1.29, 1.82) is 0 Å². The van der Waals surface area contributed by atoms with Gasteiger partial charge in [-0.1, -0.05) is 11.6 Å². The standard InChI is InChI=1S/C11H9ClF3N5O2/c1-19-5-16-20(10(19)22)4-8(21)17-7-3-2-6(12)9(18-7)11(13,14)15/h2-3,5H,4H2,1H3,(H,17,18,21). The Kier molecular flexibility index (Phi) is 4.22. The first kappa shape index (κ1) is 16.0. The van der Waals surface area contributed by atoms with Crippen molar-refractivity contribution < 1.29 is 18.0 Å². The van der Waals surface area contributed by atoms with Crippen LogP contribution in [0.2, 0.25) is 5.02 Å². The lowest BCUT2D eigenvalue weighted by atomic mass is 10.3. The molecule has 0 aliphatic heterocycles. The summed E-state index contributed by atoms with van der Waals surface area (Å²) in [7, 11) is 1.44. The summed E-state index contributed by atoms with van der Waals surface area (Å²) in [6.07, 6.45) is -3.53. The van der Waals surface area contributed by atoms with Crippen molar-refractivity contribution in [2.45, 2.75) is 12.7 Å². The molecule has 0 aliphatic rings. The first-order chi connectivity index (χ1) is 10.2. The highest BCUT2D eigenvalue weighted by Crippen LogP contribution is 2.33. The quantitative estimate of drug-likeness (QED) is 0.916. The summed E-state index contributed by atoms with van der Waals surface area (Å²) < 4.78 is 40.0. The van der Waals surface area contributed by atoms with Gasteiger partial charge in [-0.05, 0) is 12.1 Å². The number of halogens is 4. The van der Waals surface area contributed by atoms with Gasteiger partial charge in [-0.15, -0.1) is 0 Å². The van der Waals surface area contributed by atoms with Crippen LogP contribution in [-0.4, -0.2) is 25.2 Å². The Hall–Kier alpha value is -2.36. The van der Waals surface area contributed by atoms with E-state index < -0.39 is 35.0 Å². The molecule has 22 heavy (non-hydrogen) atoms. The second kappa shape index (κ2) is 5.79. The summed E-state index contributed by atoms with van der Waals surface area (Å²) in [6, 6.07) is 2.09. The fourth-order valence-electron chi connectivity index (χ4n) is 1.56. The molecule has 2 heterocycles. The molecule has 0 saturated heterocycles. The summed E-state index contributed by atoms with van der Waals surface area (Å²) in [6.45, 7) is -0.453. The van der Waals surface area contributed by atoms with Gasteiger partial charge in [0.25, 0.3) is 0 Å². The number of carbonyl (C=O) groups is 1. The van der Waals surface area contributed by atoms with E-state index in [1.807, 2.05) is 0 Å². The molecule has 2 rings (SSSR count). The van der Waals surface area contributed by atoms with Crippen LogP contribution in [0.25, 0.3) is 0 Å². The molecule has 0 aliphatic carbocycles. The smallest absolute Gasteiger partial charge is 0.309 e. The predicted molar refractivity (Wildman–Crippen MR) is 70.3 cm³/mol. The molecule has 0 radical (unpaired) electrons. The zero-order valence-corrected chi connectivity index (χ0v) is 11.8. The molecule has 0 saturated carbocycles. The molecule has 2 aromatic rings. The Morgan fingerprint density at radius 2 is 2.09 bits per heavy atom. The second-order valence-electron chi connectivity index (χ2n) is 4.25. The van der Waals surface area contributed by atoms with Crippen molar-refractivity contribution in [2.75, 3.05) is 5.32 Å². The van der Waals surface area contributed by atoms with Gasteiger partial charge in [-0.2, -0.15) is 18.3 Å². The summed E-state index contributed by atoms with van der Waals surface area (Å²) in [5.74, 6) is -1.07. The number of carbonyl (C=O) groups excluding carboxylic acids is 1. The minimum absolute atomic E-state index is 0.328. The van der Waals surface area contributed by atoms with E-state index in [0.29, 0.717) is 0 Å². The third-order valence-electron chi connectivity index (χ3n) is 2.56. The number of hydrogen-bond donors (Lipinski definition) is 1. The number of nitrogens with one attached hydrogen (secondary N) is 1. The normalized spacial score (nSPS) is 11.5. The van der Waals surface area contributed by atoms with Crippen LogP contribution in [-0.2, 0) is 24.6 Å². The van der Waals surface area contributed by atoms with E-state index in [9.17, 15) is 22.8 Å². The summed E-state index contributed by atoms with van der Waals surface area (Å²) in [4.78, 5) is 26.5. The van der Waals surface area contributed by atoms with Crippen LogP contribution in [0.3, 0.4) is 0 Å². The van der Waals surface area contributed by atoms with Crippen LogP contribution in [0.5, 0.6) is 0 Å². The van der Waals surface area contributed by atoms with Gasteiger partial charge in [-0.25, -0.2) is 14.5 Å². The Morgan fingerprint density at radius 1 is 1.41 bits per heavy atom. The van der Waals surface area contributed by atoms with Gasteiger partial charge in [-0.3, -0.25) is 9.36 Å². The molecule has 7 nitrogen and oxygen atoms in total. The lowest BCUT2D eigenvalue weighted by Crippen LogP contribution is -2.29. The molecule has 0 atom stereocenters. The molecule has 0 unspecified atom stereocenters. The van der Waals surface area contributed by atoms with Crippen molar-refractivity contribution in [2.24, 2.45) is 7.05 Å². The third kappa shape index (κ3) is 3.45. The molecule has 2 aromatic heterocycles. The molecule has 11 heteroatoms. The van der Waals surface area contributed by atoms with E-state index in [-0.39, 0.29) is 5.82 Å². The molecule has 1 N–H and O–H groups in total. The summed E-state index contributed by atoms with van der Waals surface area (Å²) in [5.41, 5.74) is -1.84. The predicted octanol–water partition coefficient (Wildman–Crippen LogP) is 1.29. The van der Waals surface area contributed by atoms with Crippen LogP contribution < -0.4 is 11.0 Å². The lowest BCUT2D eigenvalue weighted by Gasteiger charge is -2.10. The number of aryl methyl sites for hydroxylation is 1. The highest BCUT2D eigenvalue weighted by atomic mass is 35.5. The average molecular weight is 336 g/mol. The van der Waals surface area contributed by atoms with Crippen LogP contribution in [0.1, 0.15) is 5.69 Å². The van der Waals surface area contributed by atoms with E-state index in [2.05, 4.69) is 15.4 Å². The maximum Gasteiger partial charge on any atom is 0.434 e. The van der Waals surface area contributed by atoms with Crippen LogP contribution in [0, 0.1) is 0 Å². The van der Waals surface area contributed by atoms with Gasteiger partial charge < -0.3 is 5.32 Å². The van der Waals surface area contributed by atoms with Crippen molar-refractivity contribution in [1.82, 2.24) is 19.3 Å². The summed E-state index contributed by atoms with van der Waals surface area (Å²) in [5, 5.41) is 5.22. The van der Waals surface area contributed by atoms with Crippen molar-refractivity contribution in [3.63, 3.8) is 0 Å². The Balaban J connectivity index is 2.15. The number of amides is 1. The van der Waals surface area contributed by atoms with Gasteiger partial charge in [0.1, 0.15) is 18.7 Å². The molecular formula is C11H9ClF3N5O2. The lowest BCUT2D eigenvalue weighted by molar-refractivity contribution is -0.141. The topological polar surface area (TPSA) is 81.8 Å². The molecule has 0 fully saturated rings. The fourth-order valence-corrected chi connectivity index (χ4v) is 1.77. The van der Waals surface area contributed by atoms with Gasteiger partial charge in [0, 0.05) is 7.05 Å². The van der Waals surface area contributed by atoms with Crippen LogP contribution in [0.15, 0.2) is 23.3 Å². The number of hydrogen-bond acceptors (Lipinski definition) is 4. The van der Waals surface area contributed by atoms with Gasteiger partial charge in [0.05, 0.1) is 5.02 Å². The van der Waals surface area contributed by atoms with Gasteiger partial charge >= 0.3 is 11.9 Å². The van der Waals surface area contributed by atoms with Crippen molar-refractivity contribution >= 4 is 23.3 Å². The number of alkyl halides is 3. The summed E-state index contributed by atoms with van der Waals surface area (Å²) >= 11 is 5.42. The van der Waals surface area contributed by atoms with Crippen molar-refractivity contribution in [3.05, 3.63) is 39.7 Å². The second-order valence-corrected chi connectivity index (χ2v) is 4.66. The zero-order valence-electron chi connectivity index (χ0n) is 11.1.